The van der Waals surface area contributed by atoms with Crippen LogP contribution in [0.15, 0.2) is 53.0 Å². The Balaban J connectivity index is 1.56. The van der Waals surface area contributed by atoms with Gasteiger partial charge in [0.05, 0.1) is 6.21 Å². The summed E-state index contributed by atoms with van der Waals surface area (Å²) in [5.41, 5.74) is 6.48. The van der Waals surface area contributed by atoms with Gasteiger partial charge in [-0.25, -0.2) is 5.43 Å². The lowest BCUT2D eigenvalue weighted by atomic mass is 10.1. The first-order valence-corrected chi connectivity index (χ1v) is 9.62. The number of thioether (sulfide) groups is 1. The molecule has 0 aliphatic carbocycles. The predicted molar refractivity (Wildman–Crippen MR) is 110 cm³/mol. The molecule has 1 aromatic heterocycles. The normalized spacial score (nSPS) is 11.1. The van der Waals surface area contributed by atoms with E-state index in [0.717, 1.165) is 33.2 Å². The van der Waals surface area contributed by atoms with Crippen molar-refractivity contribution in [3.63, 3.8) is 0 Å². The number of amides is 1. The first-order valence-electron chi connectivity index (χ1n) is 8.63. The summed E-state index contributed by atoms with van der Waals surface area (Å²) in [5, 5.41) is 22.5. The van der Waals surface area contributed by atoms with E-state index in [4.69, 9.17) is 0 Å². The highest BCUT2D eigenvalue weighted by molar-refractivity contribution is 7.98. The Hall–Kier alpha value is -3.13. The van der Waals surface area contributed by atoms with Crippen molar-refractivity contribution in [1.82, 2.24) is 20.2 Å². The van der Waals surface area contributed by atoms with Crippen LogP contribution in [0, 0.1) is 13.8 Å². The third-order valence-corrected chi connectivity index (χ3v) is 5.25. The molecule has 0 atom stereocenters. The molecule has 8 heteroatoms. The van der Waals surface area contributed by atoms with Gasteiger partial charge in [-0.2, -0.15) is 5.10 Å². The van der Waals surface area contributed by atoms with E-state index in [0.29, 0.717) is 5.56 Å². The SMILES string of the molecule is Cc1cc(/C=N/NC(=O)c2ccc(CSc3nncn3C)cc2)cc(C)c1O. The zero-order chi connectivity index (χ0) is 20.1. The Labute approximate surface area is 167 Å². The Morgan fingerprint density at radius 2 is 1.93 bits per heavy atom. The number of carbonyl (C=O) groups is 1. The van der Waals surface area contributed by atoms with Crippen molar-refractivity contribution in [2.75, 3.05) is 0 Å². The molecular formula is C20H21N5O2S. The van der Waals surface area contributed by atoms with Gasteiger partial charge in [0.25, 0.3) is 5.91 Å². The van der Waals surface area contributed by atoms with Gasteiger partial charge in [0, 0.05) is 18.4 Å². The maximum Gasteiger partial charge on any atom is 0.271 e. The first-order chi connectivity index (χ1) is 13.4. The van der Waals surface area contributed by atoms with Crippen LogP contribution in [0.5, 0.6) is 5.75 Å². The summed E-state index contributed by atoms with van der Waals surface area (Å²) in [5.74, 6) is 0.737. The maximum atomic E-state index is 12.2. The number of aromatic hydroxyl groups is 1. The minimum absolute atomic E-state index is 0.276. The fourth-order valence-electron chi connectivity index (χ4n) is 2.60. The van der Waals surface area contributed by atoms with Crippen molar-refractivity contribution in [3.05, 3.63) is 70.5 Å². The van der Waals surface area contributed by atoms with Gasteiger partial charge < -0.3 is 9.67 Å². The van der Waals surface area contributed by atoms with Crippen LogP contribution >= 0.6 is 11.8 Å². The van der Waals surface area contributed by atoms with Gasteiger partial charge in [-0.3, -0.25) is 4.79 Å². The van der Waals surface area contributed by atoms with Crippen LogP contribution in [0.3, 0.4) is 0 Å². The number of nitrogens with one attached hydrogen (secondary N) is 1. The molecule has 0 saturated heterocycles. The quantitative estimate of drug-likeness (QED) is 0.380. The number of rotatable bonds is 6. The fraction of sp³-hybridized carbons (Fsp3) is 0.200. The summed E-state index contributed by atoms with van der Waals surface area (Å²) in [6.45, 7) is 3.64. The van der Waals surface area contributed by atoms with Crippen LogP contribution in [0.25, 0.3) is 0 Å². The third kappa shape index (κ3) is 4.77. The average molecular weight is 395 g/mol. The van der Waals surface area contributed by atoms with Crippen molar-refractivity contribution in [3.8, 4) is 5.75 Å². The highest BCUT2D eigenvalue weighted by Gasteiger charge is 2.06. The minimum atomic E-state index is -0.282. The zero-order valence-electron chi connectivity index (χ0n) is 15.9. The van der Waals surface area contributed by atoms with E-state index in [1.165, 1.54) is 0 Å². The molecule has 1 amide bonds. The second-order valence-corrected chi connectivity index (χ2v) is 7.35. The summed E-state index contributed by atoms with van der Waals surface area (Å²) in [6.07, 6.45) is 3.22. The van der Waals surface area contributed by atoms with Crippen molar-refractivity contribution < 1.29 is 9.90 Å². The average Bonchev–Trinajstić information content (AvgIpc) is 3.09. The van der Waals surface area contributed by atoms with E-state index < -0.39 is 0 Å². The molecule has 7 nitrogen and oxygen atoms in total. The molecule has 2 aromatic carbocycles. The van der Waals surface area contributed by atoms with Crippen LogP contribution in [0.2, 0.25) is 0 Å². The van der Waals surface area contributed by atoms with Crippen molar-refractivity contribution in [1.29, 1.82) is 0 Å². The number of benzene rings is 2. The molecule has 0 radical (unpaired) electrons. The van der Waals surface area contributed by atoms with Gasteiger partial charge in [-0.15, -0.1) is 10.2 Å². The first kappa shape index (κ1) is 19.6. The van der Waals surface area contributed by atoms with Gasteiger partial charge in [-0.1, -0.05) is 23.9 Å². The highest BCUT2D eigenvalue weighted by Crippen LogP contribution is 2.22. The summed E-state index contributed by atoms with van der Waals surface area (Å²) in [4.78, 5) is 12.2. The molecule has 3 rings (SSSR count). The predicted octanol–water partition coefficient (Wildman–Crippen LogP) is 3.19. The minimum Gasteiger partial charge on any atom is -0.507 e. The van der Waals surface area contributed by atoms with Gasteiger partial charge in [0.15, 0.2) is 5.16 Å². The summed E-state index contributed by atoms with van der Waals surface area (Å²) >= 11 is 1.58. The lowest BCUT2D eigenvalue weighted by molar-refractivity contribution is 0.0955. The Bertz CT molecular complexity index is 989. The number of hydrogen-bond acceptors (Lipinski definition) is 6. The second-order valence-electron chi connectivity index (χ2n) is 6.41. The summed E-state index contributed by atoms with van der Waals surface area (Å²) < 4.78 is 1.86. The molecule has 0 saturated carbocycles. The fourth-order valence-corrected chi connectivity index (χ4v) is 3.44. The van der Waals surface area contributed by atoms with Crippen molar-refractivity contribution in [2.24, 2.45) is 12.1 Å². The van der Waals surface area contributed by atoms with Crippen molar-refractivity contribution >= 4 is 23.9 Å². The Kier molecular flexibility index (Phi) is 6.10. The van der Waals surface area contributed by atoms with Crippen LogP contribution < -0.4 is 5.43 Å². The molecule has 144 valence electrons. The maximum absolute atomic E-state index is 12.2. The Morgan fingerprint density at radius 3 is 2.54 bits per heavy atom. The molecule has 3 aromatic rings. The topological polar surface area (TPSA) is 92.4 Å². The van der Waals surface area contributed by atoms with E-state index in [-0.39, 0.29) is 11.7 Å². The van der Waals surface area contributed by atoms with Gasteiger partial charge in [0.2, 0.25) is 0 Å². The van der Waals surface area contributed by atoms with Crippen LogP contribution in [-0.4, -0.2) is 32.0 Å². The molecule has 0 aliphatic rings. The summed E-state index contributed by atoms with van der Waals surface area (Å²) in [7, 11) is 1.90. The largest absolute Gasteiger partial charge is 0.507 e. The van der Waals surface area contributed by atoms with Crippen molar-refractivity contribution in [2.45, 2.75) is 24.8 Å². The molecule has 0 aliphatic heterocycles. The number of carbonyl (C=O) groups excluding carboxylic acids is 1. The smallest absolute Gasteiger partial charge is 0.271 e. The van der Waals surface area contributed by atoms with Gasteiger partial charge in [0.1, 0.15) is 12.1 Å². The van der Waals surface area contributed by atoms with E-state index >= 15 is 0 Å². The zero-order valence-corrected chi connectivity index (χ0v) is 16.7. The molecular weight excluding hydrogens is 374 g/mol. The molecule has 0 unspecified atom stereocenters. The van der Waals surface area contributed by atoms with E-state index in [2.05, 4.69) is 20.7 Å². The van der Waals surface area contributed by atoms with Crippen LogP contribution in [-0.2, 0) is 12.8 Å². The number of phenols is 1. The van der Waals surface area contributed by atoms with E-state index in [1.807, 2.05) is 49.7 Å². The molecule has 0 fully saturated rings. The number of aryl methyl sites for hydroxylation is 3. The van der Waals surface area contributed by atoms with E-state index in [1.54, 1.807) is 36.4 Å². The number of nitrogens with zero attached hydrogens (tertiary/aromatic N) is 4. The highest BCUT2D eigenvalue weighted by atomic mass is 32.2. The molecule has 0 bridgehead atoms. The third-order valence-electron chi connectivity index (χ3n) is 4.15. The number of phenolic OH excluding ortho intramolecular Hbond substituents is 1. The van der Waals surface area contributed by atoms with Crippen LogP contribution in [0.4, 0.5) is 0 Å². The second kappa shape index (κ2) is 8.71. The molecule has 28 heavy (non-hydrogen) atoms. The number of hydrazone groups is 1. The standard InChI is InChI=1S/C20H21N5O2S/c1-13-8-16(9-14(2)18(13)26)10-21-23-19(27)17-6-4-15(5-7-17)11-28-20-24-22-12-25(20)3/h4-10,12,26H,11H2,1-3H3,(H,23,27)/b21-10+. The monoisotopic (exact) mass is 395 g/mol. The van der Waals surface area contributed by atoms with E-state index in [9.17, 15) is 9.90 Å². The lowest BCUT2D eigenvalue weighted by Gasteiger charge is -2.05. The number of aromatic nitrogens is 3. The molecule has 2 N–H and O–H groups in total. The van der Waals surface area contributed by atoms with Gasteiger partial charge in [-0.05, 0) is 60.4 Å². The molecule has 0 spiro atoms. The molecule has 1 heterocycles. The van der Waals surface area contributed by atoms with Crippen LogP contribution in [0.1, 0.15) is 32.6 Å². The summed E-state index contributed by atoms with van der Waals surface area (Å²) in [6, 6.07) is 11.0. The lowest BCUT2D eigenvalue weighted by Crippen LogP contribution is -2.17. The Morgan fingerprint density at radius 1 is 1.25 bits per heavy atom. The van der Waals surface area contributed by atoms with Gasteiger partial charge >= 0.3 is 0 Å². The number of hydrogen-bond donors (Lipinski definition) is 2.